The van der Waals surface area contributed by atoms with Crippen LogP contribution >= 0.6 is 0 Å². The van der Waals surface area contributed by atoms with Crippen molar-refractivity contribution >= 4 is 5.84 Å². The molecule has 0 radical (unpaired) electrons. The zero-order valence-corrected chi connectivity index (χ0v) is 14.7. The van der Waals surface area contributed by atoms with Crippen LogP contribution in [0.15, 0.2) is 23.2 Å². The van der Waals surface area contributed by atoms with Gasteiger partial charge in [-0.1, -0.05) is 13.0 Å². The molecule has 26 heavy (non-hydrogen) atoms. The Morgan fingerprint density at radius 1 is 1.12 bits per heavy atom. The fourth-order valence-electron chi connectivity index (χ4n) is 4.83. The van der Waals surface area contributed by atoms with E-state index in [1.54, 1.807) is 25.3 Å². The van der Waals surface area contributed by atoms with Gasteiger partial charge in [0.15, 0.2) is 22.3 Å². The Morgan fingerprint density at radius 3 is 2.31 bits per heavy atom. The van der Waals surface area contributed by atoms with Crippen molar-refractivity contribution in [1.82, 2.24) is 0 Å². The van der Waals surface area contributed by atoms with Crippen LogP contribution in [-0.2, 0) is 14.9 Å². The summed E-state index contributed by atoms with van der Waals surface area (Å²) in [5.41, 5.74) is 3.16. The molecule has 1 aliphatic carbocycles. The fourth-order valence-corrected chi connectivity index (χ4v) is 4.83. The molecule has 1 aromatic carbocycles. The van der Waals surface area contributed by atoms with Gasteiger partial charge < -0.3 is 24.7 Å². The van der Waals surface area contributed by atoms with E-state index in [1.807, 2.05) is 6.92 Å². The van der Waals surface area contributed by atoms with Gasteiger partial charge in [0.25, 0.3) is 5.91 Å². The Kier molecular flexibility index (Phi) is 3.12. The summed E-state index contributed by atoms with van der Waals surface area (Å²) in [4.78, 5) is 4.28. The molecule has 2 N–H and O–H groups in total. The minimum atomic E-state index is -1.57. The highest BCUT2D eigenvalue weighted by atomic mass is 16.8. The van der Waals surface area contributed by atoms with Crippen molar-refractivity contribution in [2.75, 3.05) is 27.4 Å². The molecule has 1 saturated heterocycles. The van der Waals surface area contributed by atoms with Crippen LogP contribution in [-0.4, -0.2) is 39.2 Å². The van der Waals surface area contributed by atoms with Gasteiger partial charge in [0.2, 0.25) is 0 Å². The number of hydrogen-bond donors (Lipinski definition) is 1. The number of methoxy groups -OCH3 is 2. The Bertz CT molecular complexity index is 911. The smallest absolute Gasteiger partial charge is 0.293 e. The standard InChI is InChI=1S/C18H18N4O4/c1-15(11-4-5-12(23-2)13(8-11)24-3)16(9-19)14(21)22-18(17(15,16)10-20)25-6-7-26-18/h4-5,8H,6-7H2,1-3H3,(H2,21,22)/t15-,16-,17+/m0/s1. The zero-order chi connectivity index (χ0) is 18.8. The van der Waals surface area contributed by atoms with E-state index in [0.717, 1.165) is 0 Å². The maximum absolute atomic E-state index is 10.2. The van der Waals surface area contributed by atoms with Crippen molar-refractivity contribution in [3.05, 3.63) is 23.8 Å². The van der Waals surface area contributed by atoms with Crippen LogP contribution in [0.5, 0.6) is 11.5 Å². The van der Waals surface area contributed by atoms with Crippen molar-refractivity contribution in [1.29, 1.82) is 10.5 Å². The number of fused-ring (bicyclic) bond motifs is 2. The summed E-state index contributed by atoms with van der Waals surface area (Å²) >= 11 is 0. The molecule has 134 valence electrons. The van der Waals surface area contributed by atoms with Crippen LogP contribution in [0.2, 0.25) is 0 Å². The molecular weight excluding hydrogens is 336 g/mol. The SMILES string of the molecule is COc1ccc([C@@]2(C)[C@]3(C#N)C(N)=NC4(OCCO4)[C@@]32C#N)cc1OC. The Hall–Kier alpha value is -2.81. The lowest BCUT2D eigenvalue weighted by atomic mass is 9.84. The molecule has 2 fully saturated rings. The van der Waals surface area contributed by atoms with Crippen molar-refractivity contribution in [2.24, 2.45) is 21.6 Å². The minimum absolute atomic E-state index is 0.0562. The molecule has 0 unspecified atom stereocenters. The van der Waals surface area contributed by atoms with E-state index in [0.29, 0.717) is 17.1 Å². The second-order valence-electron chi connectivity index (χ2n) is 6.69. The maximum atomic E-state index is 10.2. The lowest BCUT2D eigenvalue weighted by Crippen LogP contribution is -2.42. The van der Waals surface area contributed by atoms with Crippen LogP contribution in [0.1, 0.15) is 12.5 Å². The van der Waals surface area contributed by atoms with Crippen LogP contribution in [0.25, 0.3) is 0 Å². The highest BCUT2D eigenvalue weighted by Gasteiger charge is 3.00. The summed E-state index contributed by atoms with van der Waals surface area (Å²) in [6.07, 6.45) is 0. The van der Waals surface area contributed by atoms with E-state index < -0.39 is 22.2 Å². The molecule has 1 saturated carbocycles. The molecule has 4 rings (SSSR count). The molecule has 0 amide bonds. The third-order valence-corrected chi connectivity index (χ3v) is 6.10. The van der Waals surface area contributed by atoms with Crippen molar-refractivity contribution in [3.8, 4) is 23.6 Å². The summed E-state index contributed by atoms with van der Waals surface area (Å²) < 4.78 is 22.2. The second-order valence-corrected chi connectivity index (χ2v) is 6.69. The average Bonchev–Trinajstić information content (AvgIpc) is 2.94. The van der Waals surface area contributed by atoms with Gasteiger partial charge in [-0.25, -0.2) is 4.99 Å². The first kappa shape index (κ1) is 16.6. The highest BCUT2D eigenvalue weighted by molar-refractivity contribution is 6.02. The van der Waals surface area contributed by atoms with Gasteiger partial charge in [0.1, 0.15) is 5.84 Å². The first-order valence-corrected chi connectivity index (χ1v) is 8.13. The van der Waals surface area contributed by atoms with Crippen LogP contribution < -0.4 is 15.2 Å². The van der Waals surface area contributed by atoms with Gasteiger partial charge in [-0.05, 0) is 17.7 Å². The number of nitriles is 2. The normalized spacial score (nSPS) is 36.0. The van der Waals surface area contributed by atoms with E-state index in [4.69, 9.17) is 24.7 Å². The van der Waals surface area contributed by atoms with Gasteiger partial charge in [0.05, 0.1) is 39.6 Å². The molecule has 8 nitrogen and oxygen atoms in total. The second kappa shape index (κ2) is 4.88. The molecular formula is C18H18N4O4. The summed E-state index contributed by atoms with van der Waals surface area (Å²) in [6, 6.07) is 9.83. The molecule has 0 bridgehead atoms. The summed E-state index contributed by atoms with van der Waals surface area (Å²) in [5, 5.41) is 20.3. The molecule has 2 aliphatic heterocycles. The quantitative estimate of drug-likeness (QED) is 0.861. The third-order valence-electron chi connectivity index (χ3n) is 6.10. The Morgan fingerprint density at radius 2 is 1.77 bits per heavy atom. The monoisotopic (exact) mass is 354 g/mol. The van der Waals surface area contributed by atoms with E-state index in [1.165, 1.54) is 7.11 Å². The minimum Gasteiger partial charge on any atom is -0.493 e. The summed E-state index contributed by atoms with van der Waals surface area (Å²) in [5.74, 6) is -0.466. The lowest BCUT2D eigenvalue weighted by molar-refractivity contribution is -0.187. The van der Waals surface area contributed by atoms with Crippen LogP contribution in [0, 0.1) is 33.5 Å². The summed E-state index contributed by atoms with van der Waals surface area (Å²) in [7, 11) is 3.07. The molecule has 0 aromatic heterocycles. The number of amidine groups is 1. The molecule has 8 heteroatoms. The van der Waals surface area contributed by atoms with Gasteiger partial charge in [-0.3, -0.25) is 0 Å². The topological polar surface area (TPSA) is 123 Å². The van der Waals surface area contributed by atoms with Gasteiger partial charge in [-0.2, -0.15) is 10.5 Å². The van der Waals surface area contributed by atoms with E-state index >= 15 is 0 Å². The van der Waals surface area contributed by atoms with Gasteiger partial charge in [-0.15, -0.1) is 0 Å². The van der Waals surface area contributed by atoms with Crippen molar-refractivity contribution in [3.63, 3.8) is 0 Å². The van der Waals surface area contributed by atoms with E-state index in [9.17, 15) is 10.5 Å². The molecule has 2 heterocycles. The first-order chi connectivity index (χ1) is 12.4. The fraction of sp³-hybridized carbons (Fsp3) is 0.500. The Balaban J connectivity index is 1.97. The number of ether oxygens (including phenoxy) is 4. The van der Waals surface area contributed by atoms with Crippen LogP contribution in [0.4, 0.5) is 0 Å². The number of nitrogens with two attached hydrogens (primary N) is 1. The van der Waals surface area contributed by atoms with Crippen LogP contribution in [0.3, 0.4) is 0 Å². The highest BCUT2D eigenvalue weighted by Crippen LogP contribution is 2.85. The molecule has 3 aliphatic rings. The predicted octanol–water partition coefficient (Wildman–Crippen LogP) is 1.07. The van der Waals surface area contributed by atoms with E-state index in [2.05, 4.69) is 17.1 Å². The molecule has 3 atom stereocenters. The van der Waals surface area contributed by atoms with Crippen molar-refractivity contribution < 1.29 is 18.9 Å². The number of nitrogens with zero attached hydrogens (tertiary/aromatic N) is 3. The number of hydrogen-bond acceptors (Lipinski definition) is 8. The number of rotatable bonds is 3. The first-order valence-electron chi connectivity index (χ1n) is 8.13. The van der Waals surface area contributed by atoms with E-state index in [-0.39, 0.29) is 19.0 Å². The predicted molar refractivity (Wildman–Crippen MR) is 89.2 cm³/mol. The molecule has 1 spiro atoms. The number of benzene rings is 1. The maximum Gasteiger partial charge on any atom is 0.293 e. The average molecular weight is 354 g/mol. The van der Waals surface area contributed by atoms with Gasteiger partial charge in [0, 0.05) is 5.41 Å². The lowest BCUT2D eigenvalue weighted by Gasteiger charge is -2.29. The third kappa shape index (κ3) is 1.34. The zero-order valence-electron chi connectivity index (χ0n) is 14.7. The number of aliphatic imine (C=N–C) groups is 1. The largest absolute Gasteiger partial charge is 0.493 e. The summed E-state index contributed by atoms with van der Waals surface area (Å²) in [6.45, 7) is 2.38. The molecule has 1 aromatic rings. The van der Waals surface area contributed by atoms with Crippen molar-refractivity contribution in [2.45, 2.75) is 18.2 Å². The Labute approximate surface area is 150 Å². The van der Waals surface area contributed by atoms with Gasteiger partial charge >= 0.3 is 0 Å².